The van der Waals surface area contributed by atoms with Crippen LogP contribution in [0.15, 0.2) is 6.33 Å². The lowest BCUT2D eigenvalue weighted by Gasteiger charge is -1.91. The van der Waals surface area contributed by atoms with Crippen LogP contribution in [0.5, 0.6) is 0 Å². The first-order valence-corrected chi connectivity index (χ1v) is 3.58. The Morgan fingerprint density at radius 3 is 2.57 bits per heavy atom. The molecule has 0 aliphatic rings. The highest BCUT2D eigenvalue weighted by atomic mass is 32.1. The Bertz CT molecular complexity index is 452. The van der Waals surface area contributed by atoms with Crippen molar-refractivity contribution < 1.29 is 16.4 Å². The van der Waals surface area contributed by atoms with Crippen molar-refractivity contribution in [1.82, 2.24) is 19.9 Å². The fraction of sp³-hybridized carbons (Fsp3) is 0.167. The molecule has 80 valence electrons. The lowest BCUT2D eigenvalue weighted by atomic mass is 10.5. The summed E-state index contributed by atoms with van der Waals surface area (Å²) >= 11 is 4.99. The minimum absolute atomic E-state index is 0. The number of H-pyrrole nitrogens is 2. The van der Waals surface area contributed by atoms with E-state index in [0.717, 1.165) is 17.0 Å². The molecule has 0 saturated carbocycles. The Morgan fingerprint density at radius 2 is 1.93 bits per heavy atom. The highest BCUT2D eigenvalue weighted by molar-refractivity contribution is 7.71. The van der Waals surface area contributed by atoms with E-state index in [1.54, 1.807) is 6.33 Å². The van der Waals surface area contributed by atoms with Gasteiger partial charge in [-0.15, -0.1) is 0 Å². The van der Waals surface area contributed by atoms with Crippen molar-refractivity contribution in [3.63, 3.8) is 0 Å². The van der Waals surface area contributed by atoms with Crippen LogP contribution >= 0.6 is 12.2 Å². The molecular weight excluding hydrogens is 208 g/mol. The average Bonchev–Trinajstić information content (AvgIpc) is 2.34. The van der Waals surface area contributed by atoms with Crippen molar-refractivity contribution in [2.45, 2.75) is 6.92 Å². The third-order valence-corrected chi connectivity index (χ3v) is 1.72. The van der Waals surface area contributed by atoms with Crippen molar-refractivity contribution in [2.75, 3.05) is 0 Å². The Morgan fingerprint density at radius 1 is 1.29 bits per heavy atom. The minimum Gasteiger partial charge on any atom is -0.412 e. The summed E-state index contributed by atoms with van der Waals surface area (Å²) in [5.41, 5.74) is 1.56. The number of hydrogen-bond donors (Lipinski definition) is 2. The van der Waals surface area contributed by atoms with E-state index in [9.17, 15) is 0 Å². The van der Waals surface area contributed by atoms with Crippen molar-refractivity contribution in [1.29, 1.82) is 0 Å². The van der Waals surface area contributed by atoms with Gasteiger partial charge in [0.1, 0.15) is 11.3 Å². The molecule has 2 rings (SSSR count). The number of rotatable bonds is 0. The van der Waals surface area contributed by atoms with Crippen molar-refractivity contribution in [2.24, 2.45) is 0 Å². The summed E-state index contributed by atoms with van der Waals surface area (Å²) in [4.78, 5) is 14.0. The standard InChI is InChI=1S/C6H6N4S.3H2O/c1-3-9-5-4(6(11)10-3)7-2-8-5;;;/h2H,1H3,(H2,7,8,9,10,11);3*1H2. The maximum Gasteiger partial charge on any atom is 0.159 e. The van der Waals surface area contributed by atoms with Gasteiger partial charge in [-0.1, -0.05) is 12.2 Å². The Balaban J connectivity index is 0. The monoisotopic (exact) mass is 220 g/mol. The average molecular weight is 220 g/mol. The maximum absolute atomic E-state index is 4.99. The quantitative estimate of drug-likeness (QED) is 0.539. The van der Waals surface area contributed by atoms with Crippen molar-refractivity contribution in [3.05, 3.63) is 16.8 Å². The van der Waals surface area contributed by atoms with Gasteiger partial charge in [0.05, 0.1) is 6.33 Å². The molecule has 0 fully saturated rings. The molecule has 2 heterocycles. The molecule has 8 heteroatoms. The predicted octanol–water partition coefficient (Wildman–Crippen LogP) is -1.15. The first-order valence-electron chi connectivity index (χ1n) is 3.17. The molecule has 0 bridgehead atoms. The molecule has 0 aliphatic carbocycles. The number of aryl methyl sites for hydroxylation is 1. The van der Waals surface area contributed by atoms with Crippen LogP contribution in [-0.2, 0) is 0 Å². The molecule has 8 N–H and O–H groups in total. The number of aromatic nitrogens is 4. The van der Waals surface area contributed by atoms with Gasteiger partial charge in [-0.25, -0.2) is 9.97 Å². The van der Waals surface area contributed by atoms with E-state index in [1.807, 2.05) is 6.92 Å². The summed E-state index contributed by atoms with van der Waals surface area (Å²) in [6.45, 7) is 1.85. The van der Waals surface area contributed by atoms with Crippen LogP contribution in [-0.4, -0.2) is 36.4 Å². The van der Waals surface area contributed by atoms with Gasteiger partial charge in [-0.3, -0.25) is 0 Å². The molecular formula is C6H12N4O3S. The van der Waals surface area contributed by atoms with Gasteiger partial charge in [0.25, 0.3) is 0 Å². The number of hydrogen-bond acceptors (Lipinski definition) is 3. The first-order chi connectivity index (χ1) is 5.27. The highest BCUT2D eigenvalue weighted by Crippen LogP contribution is 2.05. The van der Waals surface area contributed by atoms with E-state index < -0.39 is 0 Å². The maximum atomic E-state index is 4.99. The second-order valence-electron chi connectivity index (χ2n) is 2.25. The van der Waals surface area contributed by atoms with Crippen LogP contribution < -0.4 is 0 Å². The fourth-order valence-electron chi connectivity index (χ4n) is 0.960. The van der Waals surface area contributed by atoms with E-state index in [4.69, 9.17) is 12.2 Å². The van der Waals surface area contributed by atoms with Crippen LogP contribution in [0.3, 0.4) is 0 Å². The zero-order valence-electron chi connectivity index (χ0n) is 7.38. The van der Waals surface area contributed by atoms with Crippen molar-refractivity contribution in [3.8, 4) is 0 Å². The Kier molecular flexibility index (Phi) is 5.83. The third-order valence-electron chi connectivity index (χ3n) is 1.42. The van der Waals surface area contributed by atoms with Gasteiger partial charge in [0, 0.05) is 0 Å². The lowest BCUT2D eigenvalue weighted by molar-refractivity contribution is 0.823. The van der Waals surface area contributed by atoms with E-state index in [-0.39, 0.29) is 16.4 Å². The number of aromatic amines is 2. The first kappa shape index (κ1) is 15.1. The van der Waals surface area contributed by atoms with Gasteiger partial charge < -0.3 is 26.4 Å². The molecule has 0 aliphatic heterocycles. The van der Waals surface area contributed by atoms with Gasteiger partial charge in [0.2, 0.25) is 0 Å². The fourth-order valence-corrected chi connectivity index (χ4v) is 1.25. The summed E-state index contributed by atoms with van der Waals surface area (Å²) in [7, 11) is 0. The zero-order valence-corrected chi connectivity index (χ0v) is 8.20. The summed E-state index contributed by atoms with van der Waals surface area (Å²) in [6, 6.07) is 0. The molecule has 0 radical (unpaired) electrons. The summed E-state index contributed by atoms with van der Waals surface area (Å²) in [5, 5.41) is 0. The molecule has 0 saturated heterocycles. The van der Waals surface area contributed by atoms with E-state index in [1.165, 1.54) is 0 Å². The molecule has 0 spiro atoms. The molecule has 0 atom stereocenters. The second-order valence-corrected chi connectivity index (χ2v) is 2.64. The molecule has 2 aromatic heterocycles. The van der Waals surface area contributed by atoms with Crippen LogP contribution in [0, 0.1) is 11.6 Å². The molecule has 0 aromatic carbocycles. The minimum atomic E-state index is 0. The molecule has 14 heavy (non-hydrogen) atoms. The van der Waals surface area contributed by atoms with Crippen LogP contribution in [0.1, 0.15) is 5.82 Å². The number of nitrogens with one attached hydrogen (secondary N) is 2. The lowest BCUT2D eigenvalue weighted by Crippen LogP contribution is -1.88. The summed E-state index contributed by atoms with van der Waals surface area (Å²) < 4.78 is 0.564. The summed E-state index contributed by atoms with van der Waals surface area (Å²) in [6.07, 6.45) is 1.60. The molecule has 0 amide bonds. The molecule has 0 unspecified atom stereocenters. The Hall–Kier alpha value is -1.35. The van der Waals surface area contributed by atoms with Crippen LogP contribution in [0.25, 0.3) is 11.2 Å². The highest BCUT2D eigenvalue weighted by Gasteiger charge is 1.98. The smallest absolute Gasteiger partial charge is 0.159 e. The van der Waals surface area contributed by atoms with E-state index in [0.29, 0.717) is 4.64 Å². The van der Waals surface area contributed by atoms with Gasteiger partial charge >= 0.3 is 0 Å². The van der Waals surface area contributed by atoms with Gasteiger partial charge in [-0.2, -0.15) is 0 Å². The predicted molar refractivity (Wildman–Crippen MR) is 54.7 cm³/mol. The number of nitrogens with zero attached hydrogens (tertiary/aromatic N) is 2. The second kappa shape index (κ2) is 5.40. The molecule has 7 nitrogen and oxygen atoms in total. The zero-order chi connectivity index (χ0) is 7.84. The van der Waals surface area contributed by atoms with Gasteiger partial charge in [0.15, 0.2) is 10.3 Å². The van der Waals surface area contributed by atoms with Crippen LogP contribution in [0.2, 0.25) is 0 Å². The van der Waals surface area contributed by atoms with Crippen LogP contribution in [0.4, 0.5) is 0 Å². The van der Waals surface area contributed by atoms with E-state index in [2.05, 4.69) is 19.9 Å². The number of imidazole rings is 1. The summed E-state index contributed by atoms with van der Waals surface area (Å²) in [5.74, 6) is 0.787. The normalized spacial score (nSPS) is 8.36. The molecule has 2 aromatic rings. The largest absolute Gasteiger partial charge is 0.412 e. The third kappa shape index (κ3) is 2.33. The Labute approximate surface area is 84.1 Å². The number of fused-ring (bicyclic) bond motifs is 1. The SMILES string of the molecule is Cc1nc(=S)c2[nH]cnc2[nH]1.O.O.O. The van der Waals surface area contributed by atoms with E-state index >= 15 is 0 Å². The van der Waals surface area contributed by atoms with Gasteiger partial charge in [-0.05, 0) is 6.92 Å². The topological polar surface area (TPSA) is 152 Å². The van der Waals surface area contributed by atoms with Crippen molar-refractivity contribution >= 4 is 23.4 Å².